The molecule has 0 aliphatic rings. The van der Waals surface area contributed by atoms with Crippen LogP contribution < -0.4 is 10.1 Å². The summed E-state index contributed by atoms with van der Waals surface area (Å²) in [6.07, 6.45) is 0.953. The first-order valence-corrected chi connectivity index (χ1v) is 5.65. The van der Waals surface area contributed by atoms with Crippen LogP contribution in [0.1, 0.15) is 19.4 Å². The van der Waals surface area contributed by atoms with E-state index in [1.807, 2.05) is 19.1 Å². The van der Waals surface area contributed by atoms with Crippen LogP contribution in [0.5, 0.6) is 5.75 Å². The van der Waals surface area contributed by atoms with Crippen molar-refractivity contribution in [3.63, 3.8) is 0 Å². The van der Waals surface area contributed by atoms with Crippen molar-refractivity contribution < 1.29 is 9.84 Å². The lowest BCUT2D eigenvalue weighted by molar-refractivity contribution is 0.242. The van der Waals surface area contributed by atoms with E-state index in [0.717, 1.165) is 12.2 Å². The molecule has 3 heteroatoms. The van der Waals surface area contributed by atoms with Crippen molar-refractivity contribution in [3.05, 3.63) is 29.8 Å². The highest BCUT2D eigenvalue weighted by atomic mass is 16.5. The molecule has 0 saturated heterocycles. The number of hydrogen-bond acceptors (Lipinski definition) is 3. The van der Waals surface area contributed by atoms with E-state index in [4.69, 9.17) is 9.84 Å². The summed E-state index contributed by atoms with van der Waals surface area (Å²) in [7, 11) is 1.67. The Kier molecular flexibility index (Phi) is 5.29. The number of aliphatic hydroxyl groups excluding tert-OH is 1. The van der Waals surface area contributed by atoms with E-state index in [1.165, 1.54) is 5.56 Å². The van der Waals surface area contributed by atoms with Gasteiger partial charge >= 0.3 is 0 Å². The van der Waals surface area contributed by atoms with Crippen LogP contribution in [0, 0.1) is 0 Å². The molecular weight excluding hydrogens is 202 g/mol. The predicted molar refractivity (Wildman–Crippen MR) is 65.8 cm³/mol. The van der Waals surface area contributed by atoms with E-state index in [1.54, 1.807) is 7.11 Å². The van der Waals surface area contributed by atoms with Gasteiger partial charge in [-0.2, -0.15) is 0 Å². The molecule has 1 rings (SSSR count). The van der Waals surface area contributed by atoms with Crippen LogP contribution >= 0.6 is 0 Å². The summed E-state index contributed by atoms with van der Waals surface area (Å²) in [5.74, 6) is 0.882. The van der Waals surface area contributed by atoms with E-state index >= 15 is 0 Å². The second-order valence-electron chi connectivity index (χ2n) is 4.20. The molecule has 0 aliphatic carbocycles. The minimum atomic E-state index is 0.147. The van der Waals surface area contributed by atoms with Crippen molar-refractivity contribution >= 4 is 0 Å². The van der Waals surface area contributed by atoms with Gasteiger partial charge in [0.2, 0.25) is 0 Å². The Bertz CT molecular complexity index is 297. The SMILES string of the molecule is COc1ccc(CC(C)N[C@@H](C)CO)cc1. The van der Waals surface area contributed by atoms with Crippen LogP contribution in [0.4, 0.5) is 0 Å². The van der Waals surface area contributed by atoms with Crippen LogP contribution in [0.3, 0.4) is 0 Å². The summed E-state index contributed by atoms with van der Waals surface area (Å²) in [5.41, 5.74) is 1.27. The Labute approximate surface area is 97.4 Å². The molecule has 0 bridgehead atoms. The Morgan fingerprint density at radius 1 is 1.19 bits per heavy atom. The van der Waals surface area contributed by atoms with Gasteiger partial charge in [-0.3, -0.25) is 0 Å². The van der Waals surface area contributed by atoms with Gasteiger partial charge < -0.3 is 15.2 Å². The first-order chi connectivity index (χ1) is 7.65. The van der Waals surface area contributed by atoms with E-state index in [0.29, 0.717) is 6.04 Å². The molecule has 2 N–H and O–H groups in total. The average Bonchev–Trinajstić information content (AvgIpc) is 2.29. The maximum atomic E-state index is 8.94. The van der Waals surface area contributed by atoms with Gasteiger partial charge in [0.1, 0.15) is 5.75 Å². The van der Waals surface area contributed by atoms with Gasteiger partial charge in [-0.05, 0) is 38.0 Å². The molecule has 0 fully saturated rings. The molecule has 0 spiro atoms. The zero-order valence-electron chi connectivity index (χ0n) is 10.2. The standard InChI is InChI=1S/C13H21NO2/c1-10(14-11(2)9-15)8-12-4-6-13(16-3)7-5-12/h4-7,10-11,14-15H,8-9H2,1-3H3/t10?,11-/m0/s1. The third kappa shape index (κ3) is 4.21. The summed E-state index contributed by atoms with van der Waals surface area (Å²) in [4.78, 5) is 0. The fourth-order valence-electron chi connectivity index (χ4n) is 1.71. The molecule has 16 heavy (non-hydrogen) atoms. The van der Waals surface area contributed by atoms with E-state index < -0.39 is 0 Å². The molecule has 0 radical (unpaired) electrons. The fourth-order valence-corrected chi connectivity index (χ4v) is 1.71. The van der Waals surface area contributed by atoms with Crippen molar-refractivity contribution in [1.82, 2.24) is 5.32 Å². The molecule has 0 amide bonds. The fraction of sp³-hybridized carbons (Fsp3) is 0.538. The highest BCUT2D eigenvalue weighted by molar-refractivity contribution is 5.27. The monoisotopic (exact) mass is 223 g/mol. The smallest absolute Gasteiger partial charge is 0.118 e. The minimum Gasteiger partial charge on any atom is -0.497 e. The number of hydrogen-bond donors (Lipinski definition) is 2. The van der Waals surface area contributed by atoms with Gasteiger partial charge in [0, 0.05) is 12.1 Å². The Hall–Kier alpha value is -1.06. The number of benzene rings is 1. The Morgan fingerprint density at radius 2 is 1.81 bits per heavy atom. The Morgan fingerprint density at radius 3 is 2.31 bits per heavy atom. The molecule has 1 aromatic rings. The lowest BCUT2D eigenvalue weighted by Gasteiger charge is -2.18. The molecule has 0 aromatic heterocycles. The van der Waals surface area contributed by atoms with Crippen molar-refractivity contribution in [2.45, 2.75) is 32.4 Å². The summed E-state index contributed by atoms with van der Waals surface area (Å²) in [6, 6.07) is 8.58. The lowest BCUT2D eigenvalue weighted by atomic mass is 10.1. The van der Waals surface area contributed by atoms with E-state index in [9.17, 15) is 0 Å². The highest BCUT2D eigenvalue weighted by Gasteiger charge is 2.07. The zero-order chi connectivity index (χ0) is 12.0. The molecule has 2 atom stereocenters. The topological polar surface area (TPSA) is 41.5 Å². The molecular formula is C13H21NO2. The van der Waals surface area contributed by atoms with Crippen LogP contribution in [0.25, 0.3) is 0 Å². The number of nitrogens with one attached hydrogen (secondary N) is 1. The molecule has 3 nitrogen and oxygen atoms in total. The third-order valence-electron chi connectivity index (χ3n) is 2.54. The molecule has 0 heterocycles. The maximum absolute atomic E-state index is 8.94. The van der Waals surface area contributed by atoms with Crippen molar-refractivity contribution in [2.75, 3.05) is 13.7 Å². The molecule has 1 unspecified atom stereocenters. The van der Waals surface area contributed by atoms with Gasteiger partial charge in [-0.25, -0.2) is 0 Å². The van der Waals surface area contributed by atoms with Gasteiger partial charge in [-0.15, -0.1) is 0 Å². The quantitative estimate of drug-likeness (QED) is 0.769. The Balaban J connectivity index is 2.46. The van der Waals surface area contributed by atoms with Crippen LogP contribution in [0.2, 0.25) is 0 Å². The molecule has 1 aromatic carbocycles. The highest BCUT2D eigenvalue weighted by Crippen LogP contribution is 2.12. The van der Waals surface area contributed by atoms with Crippen molar-refractivity contribution in [3.8, 4) is 5.75 Å². The molecule has 0 saturated carbocycles. The lowest BCUT2D eigenvalue weighted by Crippen LogP contribution is -2.37. The van der Waals surface area contributed by atoms with Crippen molar-refractivity contribution in [1.29, 1.82) is 0 Å². The van der Waals surface area contributed by atoms with Crippen LogP contribution in [0.15, 0.2) is 24.3 Å². The van der Waals surface area contributed by atoms with E-state index in [2.05, 4.69) is 24.4 Å². The first kappa shape index (κ1) is 13.0. The second kappa shape index (κ2) is 6.51. The maximum Gasteiger partial charge on any atom is 0.118 e. The van der Waals surface area contributed by atoms with Gasteiger partial charge in [0.15, 0.2) is 0 Å². The number of ether oxygens (including phenoxy) is 1. The summed E-state index contributed by atoms with van der Waals surface area (Å²) >= 11 is 0. The average molecular weight is 223 g/mol. The van der Waals surface area contributed by atoms with Crippen LogP contribution in [-0.4, -0.2) is 30.9 Å². The first-order valence-electron chi connectivity index (χ1n) is 5.65. The molecule has 0 aliphatic heterocycles. The summed E-state index contributed by atoms with van der Waals surface area (Å²) < 4.78 is 5.11. The van der Waals surface area contributed by atoms with Crippen LogP contribution in [-0.2, 0) is 6.42 Å². The van der Waals surface area contributed by atoms with Gasteiger partial charge in [0.05, 0.1) is 13.7 Å². The predicted octanol–water partition coefficient (Wildman–Crippen LogP) is 1.60. The number of rotatable bonds is 6. The number of aliphatic hydroxyl groups is 1. The van der Waals surface area contributed by atoms with Gasteiger partial charge in [0.25, 0.3) is 0 Å². The largest absolute Gasteiger partial charge is 0.497 e. The van der Waals surface area contributed by atoms with Crippen molar-refractivity contribution in [2.24, 2.45) is 0 Å². The normalized spacial score (nSPS) is 14.5. The molecule has 90 valence electrons. The minimum absolute atomic E-state index is 0.147. The zero-order valence-corrected chi connectivity index (χ0v) is 10.2. The number of methoxy groups -OCH3 is 1. The third-order valence-corrected chi connectivity index (χ3v) is 2.54. The van der Waals surface area contributed by atoms with Gasteiger partial charge in [-0.1, -0.05) is 12.1 Å². The summed E-state index contributed by atoms with van der Waals surface area (Å²) in [6.45, 7) is 4.27. The second-order valence-corrected chi connectivity index (χ2v) is 4.20. The van der Waals surface area contributed by atoms with E-state index in [-0.39, 0.29) is 12.6 Å². The summed E-state index contributed by atoms with van der Waals surface area (Å²) in [5, 5.41) is 12.3.